The Labute approximate surface area is 66.7 Å². The number of rotatable bonds is 0. The van der Waals surface area contributed by atoms with Crippen molar-refractivity contribution < 1.29 is 12.8 Å². The first-order chi connectivity index (χ1) is 4.83. The monoisotopic (exact) mass is 180 g/mol. The summed E-state index contributed by atoms with van der Waals surface area (Å²) >= 11 is 0. The van der Waals surface area contributed by atoms with E-state index in [-0.39, 0.29) is 17.4 Å². The minimum Gasteiger partial charge on any atom is -0.243 e. The average Bonchev–Trinajstić information content (AvgIpc) is 1.77. The number of halogens is 1. The molecule has 66 valence electrons. The highest BCUT2D eigenvalue weighted by Gasteiger charge is 2.40. The van der Waals surface area contributed by atoms with Crippen LogP contribution in [0.4, 0.5) is 4.39 Å². The topological polar surface area (TPSA) is 34.1 Å². The van der Waals surface area contributed by atoms with Crippen molar-refractivity contribution in [3.8, 4) is 0 Å². The molecule has 0 aromatic carbocycles. The van der Waals surface area contributed by atoms with Crippen LogP contribution in [0.1, 0.15) is 20.3 Å². The van der Waals surface area contributed by atoms with E-state index in [0.29, 0.717) is 6.42 Å². The van der Waals surface area contributed by atoms with E-state index in [1.165, 1.54) is 6.92 Å². The largest absolute Gasteiger partial charge is 0.243 e. The third-order valence-corrected chi connectivity index (χ3v) is 4.25. The first-order valence-corrected chi connectivity index (χ1v) is 5.55. The average molecular weight is 180 g/mol. The molecule has 2 atom stereocenters. The summed E-state index contributed by atoms with van der Waals surface area (Å²) in [6.45, 7) is 3.13. The summed E-state index contributed by atoms with van der Waals surface area (Å²) in [5.74, 6) is -0.291. The SMILES string of the molecule is CC1CCS(=O)(=O)CC1(C)F. The zero-order valence-electron chi connectivity index (χ0n) is 6.80. The normalized spacial score (nSPS) is 43.7. The number of alkyl halides is 1. The molecular weight excluding hydrogens is 167 g/mol. The third kappa shape index (κ3) is 1.92. The molecule has 0 aromatic heterocycles. The van der Waals surface area contributed by atoms with Crippen LogP contribution in [0.5, 0.6) is 0 Å². The van der Waals surface area contributed by atoms with Crippen LogP contribution >= 0.6 is 0 Å². The van der Waals surface area contributed by atoms with E-state index in [1.807, 2.05) is 0 Å². The molecule has 1 aliphatic rings. The van der Waals surface area contributed by atoms with Gasteiger partial charge in [0.1, 0.15) is 5.67 Å². The fourth-order valence-electron chi connectivity index (χ4n) is 1.30. The summed E-state index contributed by atoms with van der Waals surface area (Å²) in [7, 11) is -3.10. The quantitative estimate of drug-likeness (QED) is 0.560. The molecule has 0 radical (unpaired) electrons. The summed E-state index contributed by atoms with van der Waals surface area (Å²) in [6, 6.07) is 0. The molecule has 0 spiro atoms. The van der Waals surface area contributed by atoms with E-state index in [2.05, 4.69) is 0 Å². The minimum absolute atomic E-state index is 0.133. The van der Waals surface area contributed by atoms with Crippen molar-refractivity contribution in [2.45, 2.75) is 25.9 Å². The van der Waals surface area contributed by atoms with E-state index in [0.717, 1.165) is 0 Å². The standard InChI is InChI=1S/C7H13FO2S/c1-6-3-4-11(9,10)5-7(6,2)8/h6H,3-5H2,1-2H3. The molecule has 4 heteroatoms. The number of hydrogen-bond acceptors (Lipinski definition) is 2. The first kappa shape index (κ1) is 8.97. The molecule has 0 aromatic rings. The van der Waals surface area contributed by atoms with Crippen molar-refractivity contribution in [2.75, 3.05) is 11.5 Å². The first-order valence-electron chi connectivity index (χ1n) is 3.73. The lowest BCUT2D eigenvalue weighted by Crippen LogP contribution is -2.42. The van der Waals surface area contributed by atoms with Crippen LogP contribution in [0.25, 0.3) is 0 Å². The zero-order chi connectivity index (χ0) is 8.70. The van der Waals surface area contributed by atoms with Crippen molar-refractivity contribution in [2.24, 2.45) is 5.92 Å². The molecular formula is C7H13FO2S. The second kappa shape index (κ2) is 2.44. The molecule has 0 saturated carbocycles. The Balaban J connectivity index is 2.83. The highest BCUT2D eigenvalue weighted by molar-refractivity contribution is 7.91. The third-order valence-electron chi connectivity index (χ3n) is 2.39. The summed E-state index contributed by atoms with van der Waals surface area (Å²) in [5.41, 5.74) is -1.52. The highest BCUT2D eigenvalue weighted by Crippen LogP contribution is 2.31. The number of sulfone groups is 1. The molecule has 0 amide bonds. The zero-order valence-corrected chi connectivity index (χ0v) is 7.62. The van der Waals surface area contributed by atoms with Gasteiger partial charge in [0.15, 0.2) is 9.84 Å². The molecule has 2 nitrogen and oxygen atoms in total. The summed E-state index contributed by atoms with van der Waals surface area (Å²) in [5, 5.41) is 0. The lowest BCUT2D eigenvalue weighted by molar-refractivity contribution is 0.130. The Morgan fingerprint density at radius 2 is 2.09 bits per heavy atom. The van der Waals surface area contributed by atoms with E-state index in [1.54, 1.807) is 6.92 Å². The van der Waals surface area contributed by atoms with Crippen molar-refractivity contribution in [3.63, 3.8) is 0 Å². The predicted molar refractivity (Wildman–Crippen MR) is 41.9 cm³/mol. The van der Waals surface area contributed by atoms with Gasteiger partial charge < -0.3 is 0 Å². The maximum atomic E-state index is 13.4. The Morgan fingerprint density at radius 3 is 2.45 bits per heavy atom. The predicted octanol–water partition coefficient (Wildman–Crippen LogP) is 1.17. The van der Waals surface area contributed by atoms with Gasteiger partial charge in [0.05, 0.1) is 11.5 Å². The van der Waals surface area contributed by atoms with Gasteiger partial charge in [-0.05, 0) is 19.3 Å². The lowest BCUT2D eigenvalue weighted by atomic mass is 9.92. The fourth-order valence-corrected chi connectivity index (χ4v) is 3.30. The van der Waals surface area contributed by atoms with E-state index >= 15 is 0 Å². The van der Waals surface area contributed by atoms with Gasteiger partial charge in [-0.1, -0.05) is 6.92 Å². The molecule has 1 saturated heterocycles. The maximum Gasteiger partial charge on any atom is 0.153 e. The second-order valence-corrected chi connectivity index (χ2v) is 5.74. The van der Waals surface area contributed by atoms with Crippen molar-refractivity contribution >= 4 is 9.84 Å². The van der Waals surface area contributed by atoms with Crippen LogP contribution in [0.2, 0.25) is 0 Å². The second-order valence-electron chi connectivity index (χ2n) is 3.56. The van der Waals surface area contributed by atoms with Gasteiger partial charge in [-0.25, -0.2) is 12.8 Å². The Morgan fingerprint density at radius 1 is 1.55 bits per heavy atom. The molecule has 0 bridgehead atoms. The molecule has 1 aliphatic heterocycles. The Bertz CT molecular complexity index is 243. The molecule has 11 heavy (non-hydrogen) atoms. The Kier molecular flexibility index (Phi) is 1.99. The van der Waals surface area contributed by atoms with Gasteiger partial charge in [-0.3, -0.25) is 0 Å². The van der Waals surface area contributed by atoms with E-state index < -0.39 is 15.5 Å². The van der Waals surface area contributed by atoms with E-state index in [9.17, 15) is 12.8 Å². The summed E-state index contributed by atoms with van der Waals surface area (Å²) in [4.78, 5) is 0. The van der Waals surface area contributed by atoms with Crippen LogP contribution in [-0.2, 0) is 9.84 Å². The molecule has 1 rings (SSSR count). The van der Waals surface area contributed by atoms with Gasteiger partial charge >= 0.3 is 0 Å². The summed E-state index contributed by atoms with van der Waals surface area (Å²) in [6.07, 6.45) is 0.454. The van der Waals surface area contributed by atoms with Gasteiger partial charge in [0.2, 0.25) is 0 Å². The van der Waals surface area contributed by atoms with Gasteiger partial charge in [0, 0.05) is 0 Å². The molecule has 1 heterocycles. The van der Waals surface area contributed by atoms with Crippen LogP contribution in [-0.4, -0.2) is 25.6 Å². The summed E-state index contributed by atoms with van der Waals surface area (Å²) < 4.78 is 35.3. The lowest BCUT2D eigenvalue weighted by Gasteiger charge is -2.31. The van der Waals surface area contributed by atoms with Crippen LogP contribution in [0.15, 0.2) is 0 Å². The van der Waals surface area contributed by atoms with E-state index in [4.69, 9.17) is 0 Å². The molecule has 1 fully saturated rings. The molecule has 0 aliphatic carbocycles. The van der Waals surface area contributed by atoms with Crippen LogP contribution in [0, 0.1) is 5.92 Å². The maximum absolute atomic E-state index is 13.4. The smallest absolute Gasteiger partial charge is 0.153 e. The van der Waals surface area contributed by atoms with Crippen molar-refractivity contribution in [3.05, 3.63) is 0 Å². The van der Waals surface area contributed by atoms with Crippen LogP contribution < -0.4 is 0 Å². The van der Waals surface area contributed by atoms with Crippen molar-refractivity contribution in [1.82, 2.24) is 0 Å². The fraction of sp³-hybridized carbons (Fsp3) is 1.00. The highest BCUT2D eigenvalue weighted by atomic mass is 32.2. The van der Waals surface area contributed by atoms with Gasteiger partial charge in [-0.2, -0.15) is 0 Å². The molecule has 2 unspecified atom stereocenters. The Hall–Kier alpha value is -0.120. The van der Waals surface area contributed by atoms with Gasteiger partial charge in [-0.15, -0.1) is 0 Å². The van der Waals surface area contributed by atoms with Crippen molar-refractivity contribution in [1.29, 1.82) is 0 Å². The van der Waals surface area contributed by atoms with Crippen LogP contribution in [0.3, 0.4) is 0 Å². The molecule has 0 N–H and O–H groups in total. The number of hydrogen-bond donors (Lipinski definition) is 0. The van der Waals surface area contributed by atoms with Gasteiger partial charge in [0.25, 0.3) is 0 Å². The minimum atomic E-state index is -3.10.